The van der Waals surface area contributed by atoms with E-state index in [0.29, 0.717) is 12.0 Å². The second kappa shape index (κ2) is 8.81. The molecule has 0 bridgehead atoms. The Bertz CT molecular complexity index is 1280. The summed E-state index contributed by atoms with van der Waals surface area (Å²) in [5, 5.41) is 5.84. The van der Waals surface area contributed by atoms with Gasteiger partial charge in [0, 0.05) is 25.5 Å². The Morgan fingerprint density at radius 1 is 1.18 bits per heavy atom. The van der Waals surface area contributed by atoms with E-state index in [4.69, 9.17) is 4.52 Å². The van der Waals surface area contributed by atoms with Crippen molar-refractivity contribution in [1.82, 2.24) is 24.9 Å². The van der Waals surface area contributed by atoms with E-state index in [1.54, 1.807) is 19.2 Å². The van der Waals surface area contributed by atoms with Gasteiger partial charge in [-0.25, -0.2) is 8.78 Å². The van der Waals surface area contributed by atoms with Crippen LogP contribution >= 0.6 is 0 Å². The first-order valence-corrected chi connectivity index (χ1v) is 10.7. The fraction of sp³-hybridized carbons (Fsp3) is 0.348. The highest BCUT2D eigenvalue weighted by Crippen LogP contribution is 2.34. The molecular formula is C23H23F2N5O4. The van der Waals surface area contributed by atoms with Crippen molar-refractivity contribution in [2.75, 3.05) is 7.05 Å². The summed E-state index contributed by atoms with van der Waals surface area (Å²) in [6.45, 7) is 3.78. The average Bonchev–Trinajstić information content (AvgIpc) is 3.46. The SMILES string of the molecule is Cc1noc([C@@](C)(c2ccc(F)c(F)c2)N(C)C(=O)C(=O)NC(=O)c2ccn3c2CCCC3)n1. The lowest BCUT2D eigenvalue weighted by atomic mass is 9.89. The zero-order valence-corrected chi connectivity index (χ0v) is 18.9. The van der Waals surface area contributed by atoms with Crippen molar-refractivity contribution in [3.05, 3.63) is 70.6 Å². The molecule has 34 heavy (non-hydrogen) atoms. The van der Waals surface area contributed by atoms with E-state index < -0.39 is 34.9 Å². The van der Waals surface area contributed by atoms with Crippen LogP contribution in [-0.4, -0.2) is 44.4 Å². The van der Waals surface area contributed by atoms with Crippen molar-refractivity contribution < 1.29 is 27.7 Å². The van der Waals surface area contributed by atoms with Crippen molar-refractivity contribution in [2.24, 2.45) is 0 Å². The molecule has 0 spiro atoms. The quantitative estimate of drug-likeness (QED) is 0.586. The number of halogens is 2. The molecule has 4 rings (SSSR count). The first-order chi connectivity index (χ1) is 16.1. The number of carbonyl (C=O) groups is 3. The molecule has 0 aliphatic carbocycles. The van der Waals surface area contributed by atoms with Gasteiger partial charge >= 0.3 is 11.8 Å². The van der Waals surface area contributed by atoms with Gasteiger partial charge in [0.2, 0.25) is 0 Å². The van der Waals surface area contributed by atoms with Gasteiger partial charge in [-0.3, -0.25) is 19.7 Å². The Morgan fingerprint density at radius 2 is 1.94 bits per heavy atom. The van der Waals surface area contributed by atoms with E-state index in [1.807, 2.05) is 4.57 Å². The first-order valence-electron chi connectivity index (χ1n) is 10.7. The molecular weight excluding hydrogens is 448 g/mol. The highest BCUT2D eigenvalue weighted by Gasteiger charge is 2.44. The van der Waals surface area contributed by atoms with Gasteiger partial charge in [0.25, 0.3) is 11.8 Å². The number of benzene rings is 1. The number of nitrogens with one attached hydrogen (secondary N) is 1. The van der Waals surface area contributed by atoms with Crippen molar-refractivity contribution in [3.63, 3.8) is 0 Å². The van der Waals surface area contributed by atoms with Gasteiger partial charge in [0.1, 0.15) is 5.54 Å². The molecule has 0 radical (unpaired) electrons. The maximum absolute atomic E-state index is 14.0. The number of likely N-dealkylation sites (N-methyl/N-ethyl adjacent to an activating group) is 1. The highest BCUT2D eigenvalue weighted by molar-refractivity contribution is 6.38. The Kier molecular flexibility index (Phi) is 6.03. The normalized spacial score (nSPS) is 14.7. The molecule has 3 heterocycles. The summed E-state index contributed by atoms with van der Waals surface area (Å²) in [6, 6.07) is 4.64. The molecule has 0 saturated carbocycles. The molecule has 0 saturated heterocycles. The molecule has 1 atom stereocenters. The zero-order chi connectivity index (χ0) is 24.6. The van der Waals surface area contributed by atoms with Crippen LogP contribution in [0, 0.1) is 18.6 Å². The lowest BCUT2D eigenvalue weighted by Crippen LogP contribution is -2.52. The number of aryl methyl sites for hydroxylation is 2. The fourth-order valence-electron chi connectivity index (χ4n) is 4.11. The Balaban J connectivity index is 1.62. The Morgan fingerprint density at radius 3 is 2.62 bits per heavy atom. The van der Waals surface area contributed by atoms with Gasteiger partial charge in [-0.2, -0.15) is 4.98 Å². The number of nitrogens with zero attached hydrogens (tertiary/aromatic N) is 4. The number of rotatable bonds is 4. The van der Waals surface area contributed by atoms with Crippen LogP contribution in [0.4, 0.5) is 8.78 Å². The van der Waals surface area contributed by atoms with E-state index in [-0.39, 0.29) is 17.3 Å². The monoisotopic (exact) mass is 471 g/mol. The largest absolute Gasteiger partial charge is 0.351 e. The molecule has 3 aromatic rings. The van der Waals surface area contributed by atoms with E-state index >= 15 is 0 Å². The summed E-state index contributed by atoms with van der Waals surface area (Å²) in [5.74, 6) is -5.10. The number of amides is 3. The van der Waals surface area contributed by atoms with Gasteiger partial charge in [0.05, 0.1) is 5.56 Å². The third-order valence-corrected chi connectivity index (χ3v) is 6.21. The lowest BCUT2D eigenvalue weighted by Gasteiger charge is -2.35. The number of hydrogen-bond acceptors (Lipinski definition) is 6. The number of aromatic nitrogens is 3. The minimum absolute atomic E-state index is 0.0894. The van der Waals surface area contributed by atoms with Gasteiger partial charge in [0.15, 0.2) is 17.5 Å². The molecule has 178 valence electrons. The molecule has 0 unspecified atom stereocenters. The van der Waals surface area contributed by atoms with Gasteiger partial charge in [-0.1, -0.05) is 11.2 Å². The van der Waals surface area contributed by atoms with Crippen LogP contribution in [0.1, 0.15) is 53.1 Å². The van der Waals surface area contributed by atoms with Crippen LogP contribution in [0.3, 0.4) is 0 Å². The minimum Gasteiger partial charge on any atom is -0.351 e. The molecule has 11 heteroatoms. The predicted molar refractivity (Wildman–Crippen MR) is 114 cm³/mol. The van der Waals surface area contributed by atoms with Gasteiger partial charge in [-0.15, -0.1) is 0 Å². The zero-order valence-electron chi connectivity index (χ0n) is 18.9. The minimum atomic E-state index is -1.64. The first kappa shape index (κ1) is 23.3. The molecule has 1 aliphatic heterocycles. The predicted octanol–water partition coefficient (Wildman–Crippen LogP) is 2.47. The third kappa shape index (κ3) is 3.97. The average molecular weight is 471 g/mol. The Labute approximate surface area is 193 Å². The topological polar surface area (TPSA) is 110 Å². The molecule has 9 nitrogen and oxygen atoms in total. The fourth-order valence-corrected chi connectivity index (χ4v) is 4.11. The molecule has 1 aliphatic rings. The third-order valence-electron chi connectivity index (χ3n) is 6.21. The maximum Gasteiger partial charge on any atom is 0.316 e. The smallest absolute Gasteiger partial charge is 0.316 e. The van der Waals surface area contributed by atoms with Gasteiger partial charge in [-0.05, 0) is 56.9 Å². The second-order valence-corrected chi connectivity index (χ2v) is 8.32. The maximum atomic E-state index is 14.0. The van der Waals surface area contributed by atoms with Crippen LogP contribution in [0.2, 0.25) is 0 Å². The molecule has 3 amide bonds. The van der Waals surface area contributed by atoms with Gasteiger partial charge < -0.3 is 14.0 Å². The van der Waals surface area contributed by atoms with Crippen LogP contribution in [0.25, 0.3) is 0 Å². The van der Waals surface area contributed by atoms with Crippen LogP contribution in [-0.2, 0) is 28.1 Å². The van der Waals surface area contributed by atoms with Crippen LogP contribution in [0.15, 0.2) is 35.0 Å². The molecule has 0 fully saturated rings. The van der Waals surface area contributed by atoms with Crippen LogP contribution < -0.4 is 5.32 Å². The van der Waals surface area contributed by atoms with E-state index in [2.05, 4.69) is 15.5 Å². The van der Waals surface area contributed by atoms with E-state index in [9.17, 15) is 23.2 Å². The summed E-state index contributed by atoms with van der Waals surface area (Å²) < 4.78 is 34.8. The Hall–Kier alpha value is -3.89. The van der Waals surface area contributed by atoms with E-state index in [1.165, 1.54) is 20.0 Å². The molecule has 2 aromatic heterocycles. The number of hydrogen-bond donors (Lipinski definition) is 1. The van der Waals surface area contributed by atoms with E-state index in [0.717, 1.165) is 42.1 Å². The van der Waals surface area contributed by atoms with Crippen molar-refractivity contribution in [1.29, 1.82) is 0 Å². The summed E-state index contributed by atoms with van der Waals surface area (Å²) >= 11 is 0. The number of fused-ring (bicyclic) bond motifs is 1. The molecule has 1 N–H and O–H groups in total. The van der Waals surface area contributed by atoms with Crippen molar-refractivity contribution in [3.8, 4) is 0 Å². The lowest BCUT2D eigenvalue weighted by molar-refractivity contribution is -0.148. The second-order valence-electron chi connectivity index (χ2n) is 8.32. The summed E-state index contributed by atoms with van der Waals surface area (Å²) in [6.07, 6.45) is 4.40. The number of imide groups is 1. The van der Waals surface area contributed by atoms with Crippen LogP contribution in [0.5, 0.6) is 0 Å². The standard InChI is InChI=1S/C23H23F2N5O4/c1-13-26-22(34-28-13)23(2,14-7-8-16(24)17(25)12-14)29(3)21(33)20(32)27-19(31)15-9-11-30-10-5-4-6-18(15)30/h7-9,11-12H,4-6,10H2,1-3H3,(H,27,31,32)/t23-/m1/s1. The molecule has 1 aromatic carbocycles. The number of carbonyl (C=O) groups excluding carboxylic acids is 3. The highest BCUT2D eigenvalue weighted by atomic mass is 19.2. The summed E-state index contributed by atoms with van der Waals surface area (Å²) in [5.41, 5.74) is -0.404. The van der Waals surface area contributed by atoms with Crippen molar-refractivity contribution in [2.45, 2.75) is 45.2 Å². The summed E-state index contributed by atoms with van der Waals surface area (Å²) in [7, 11) is 1.27. The summed E-state index contributed by atoms with van der Waals surface area (Å²) in [4.78, 5) is 43.7. The van der Waals surface area contributed by atoms with Crippen molar-refractivity contribution >= 4 is 17.7 Å².